The van der Waals surface area contributed by atoms with E-state index in [-0.39, 0.29) is 0 Å². The maximum Gasteiger partial charge on any atom is 0.222 e. The molecule has 0 saturated carbocycles. The molecule has 0 aromatic rings. The van der Waals surface area contributed by atoms with Crippen LogP contribution >= 0.6 is 0 Å². The zero-order chi connectivity index (χ0) is 12.5. The summed E-state index contributed by atoms with van der Waals surface area (Å²) in [5.41, 5.74) is 5.60. The van der Waals surface area contributed by atoms with Gasteiger partial charge in [0.1, 0.15) is 0 Å². The third-order valence-corrected chi connectivity index (χ3v) is 3.41. The fourth-order valence-corrected chi connectivity index (χ4v) is 2.47. The van der Waals surface area contributed by atoms with Crippen LogP contribution in [0.4, 0.5) is 0 Å². The Labute approximate surface area is 105 Å². The van der Waals surface area contributed by atoms with Crippen molar-refractivity contribution in [2.75, 3.05) is 13.1 Å². The zero-order valence-electron chi connectivity index (χ0n) is 10.7. The molecule has 3 heteroatoms. The van der Waals surface area contributed by atoms with Gasteiger partial charge in [0, 0.05) is 25.4 Å². The van der Waals surface area contributed by atoms with Crippen LogP contribution in [-0.2, 0) is 4.79 Å². The van der Waals surface area contributed by atoms with Crippen LogP contribution in [0.25, 0.3) is 0 Å². The Morgan fingerprint density at radius 3 is 2.94 bits per heavy atom. The molecule has 1 unspecified atom stereocenters. The molecule has 1 aliphatic heterocycles. The quantitative estimate of drug-likeness (QED) is 0.565. The number of likely N-dealkylation sites (tertiary alicyclic amines) is 1. The highest BCUT2D eigenvalue weighted by Gasteiger charge is 2.25. The summed E-state index contributed by atoms with van der Waals surface area (Å²) < 4.78 is 0. The van der Waals surface area contributed by atoms with Crippen molar-refractivity contribution in [3.63, 3.8) is 0 Å². The van der Waals surface area contributed by atoms with Crippen LogP contribution in [-0.4, -0.2) is 29.9 Å². The van der Waals surface area contributed by atoms with Crippen molar-refractivity contribution < 1.29 is 4.79 Å². The molecule has 17 heavy (non-hydrogen) atoms. The first-order chi connectivity index (χ1) is 8.29. The number of unbranched alkanes of at least 4 members (excludes halogenated alkanes) is 2. The summed E-state index contributed by atoms with van der Waals surface area (Å²) in [6.45, 7) is 1.59. The Morgan fingerprint density at radius 1 is 1.41 bits per heavy atom. The highest BCUT2D eigenvalue weighted by atomic mass is 16.2. The number of hydrogen-bond acceptors (Lipinski definition) is 2. The summed E-state index contributed by atoms with van der Waals surface area (Å²) in [5.74, 6) is 2.90. The van der Waals surface area contributed by atoms with Crippen molar-refractivity contribution in [3.8, 4) is 12.3 Å². The lowest BCUT2D eigenvalue weighted by Crippen LogP contribution is -2.44. The summed E-state index contributed by atoms with van der Waals surface area (Å²) >= 11 is 0. The highest BCUT2D eigenvalue weighted by Crippen LogP contribution is 2.20. The Morgan fingerprint density at radius 2 is 2.24 bits per heavy atom. The summed E-state index contributed by atoms with van der Waals surface area (Å²) in [6, 6.07) is 0.383. The number of piperidine rings is 1. The molecule has 1 heterocycles. The van der Waals surface area contributed by atoms with Crippen molar-refractivity contribution in [2.45, 2.75) is 57.4 Å². The first-order valence-corrected chi connectivity index (χ1v) is 6.72. The fraction of sp³-hybridized carbons (Fsp3) is 0.786. The Kier molecular flexibility index (Phi) is 6.73. The predicted octanol–water partition coefficient (Wildman–Crippen LogP) is 1.91. The third kappa shape index (κ3) is 4.79. The van der Waals surface area contributed by atoms with E-state index < -0.39 is 0 Å². The minimum absolute atomic E-state index is 0.292. The molecule has 0 bridgehead atoms. The predicted molar refractivity (Wildman–Crippen MR) is 70.3 cm³/mol. The summed E-state index contributed by atoms with van der Waals surface area (Å²) in [5, 5.41) is 0. The van der Waals surface area contributed by atoms with Gasteiger partial charge in [-0.3, -0.25) is 4.79 Å². The van der Waals surface area contributed by atoms with Gasteiger partial charge < -0.3 is 10.6 Å². The van der Waals surface area contributed by atoms with E-state index in [1.807, 2.05) is 4.90 Å². The normalized spacial score (nSPS) is 20.0. The molecule has 1 atom stereocenters. The number of carbonyl (C=O) groups excluding carboxylic acids is 1. The second-order valence-corrected chi connectivity index (χ2v) is 4.73. The first-order valence-electron chi connectivity index (χ1n) is 6.72. The molecule has 96 valence electrons. The van der Waals surface area contributed by atoms with Gasteiger partial charge in [-0.05, 0) is 45.1 Å². The number of rotatable bonds is 6. The van der Waals surface area contributed by atoms with E-state index in [1.165, 1.54) is 6.42 Å². The molecule has 1 aliphatic rings. The maximum absolute atomic E-state index is 12.1. The number of nitrogens with zero attached hydrogens (tertiary/aromatic N) is 1. The molecule has 0 aromatic carbocycles. The van der Waals surface area contributed by atoms with Gasteiger partial charge in [-0.2, -0.15) is 0 Å². The zero-order valence-corrected chi connectivity index (χ0v) is 10.7. The van der Waals surface area contributed by atoms with E-state index in [0.29, 0.717) is 24.9 Å². The fourth-order valence-electron chi connectivity index (χ4n) is 2.47. The van der Waals surface area contributed by atoms with E-state index >= 15 is 0 Å². The third-order valence-electron chi connectivity index (χ3n) is 3.41. The number of nitrogens with two attached hydrogens (primary N) is 1. The molecule has 1 saturated heterocycles. The summed E-state index contributed by atoms with van der Waals surface area (Å²) in [4.78, 5) is 14.1. The smallest absolute Gasteiger partial charge is 0.222 e. The van der Waals surface area contributed by atoms with Gasteiger partial charge in [-0.25, -0.2) is 0 Å². The minimum Gasteiger partial charge on any atom is -0.340 e. The monoisotopic (exact) mass is 236 g/mol. The molecular formula is C14H24N2O. The van der Waals surface area contributed by atoms with Crippen LogP contribution < -0.4 is 5.73 Å². The second-order valence-electron chi connectivity index (χ2n) is 4.73. The molecule has 0 aliphatic carbocycles. The van der Waals surface area contributed by atoms with Crippen molar-refractivity contribution in [1.29, 1.82) is 0 Å². The topological polar surface area (TPSA) is 46.3 Å². The van der Waals surface area contributed by atoms with Gasteiger partial charge in [0.05, 0.1) is 0 Å². The lowest BCUT2D eigenvalue weighted by atomic mass is 9.98. The lowest BCUT2D eigenvalue weighted by Gasteiger charge is -2.35. The second kappa shape index (κ2) is 8.14. The maximum atomic E-state index is 12.1. The number of carbonyl (C=O) groups is 1. The van der Waals surface area contributed by atoms with Crippen molar-refractivity contribution in [1.82, 2.24) is 4.90 Å². The summed E-state index contributed by atoms with van der Waals surface area (Å²) in [7, 11) is 0. The van der Waals surface area contributed by atoms with Crippen LogP contribution in [0.3, 0.4) is 0 Å². The van der Waals surface area contributed by atoms with E-state index in [2.05, 4.69) is 5.92 Å². The van der Waals surface area contributed by atoms with Gasteiger partial charge in [0.15, 0.2) is 0 Å². The van der Waals surface area contributed by atoms with Crippen LogP contribution in [0.2, 0.25) is 0 Å². The Bertz CT molecular complexity index is 268. The van der Waals surface area contributed by atoms with Crippen LogP contribution in [0.1, 0.15) is 51.4 Å². The SMILES string of the molecule is C#CCCCCC(=O)N1CCCCC1CCN. The van der Waals surface area contributed by atoms with E-state index in [4.69, 9.17) is 12.2 Å². The van der Waals surface area contributed by atoms with E-state index in [1.54, 1.807) is 0 Å². The van der Waals surface area contributed by atoms with Gasteiger partial charge in [0.2, 0.25) is 5.91 Å². The molecule has 0 aromatic heterocycles. The average molecular weight is 236 g/mol. The van der Waals surface area contributed by atoms with Gasteiger partial charge in [-0.15, -0.1) is 12.3 Å². The standard InChI is InChI=1S/C14H24N2O/c1-2-3-4-5-9-14(17)16-12-7-6-8-13(16)10-11-15/h1,13H,3-12,15H2. The van der Waals surface area contributed by atoms with Crippen molar-refractivity contribution in [2.24, 2.45) is 5.73 Å². The largest absolute Gasteiger partial charge is 0.340 e. The molecule has 1 amide bonds. The Balaban J connectivity index is 2.34. The van der Waals surface area contributed by atoms with Crippen LogP contribution in [0, 0.1) is 12.3 Å². The number of hydrogen-bond donors (Lipinski definition) is 1. The molecule has 1 rings (SSSR count). The molecule has 0 spiro atoms. The first kappa shape index (κ1) is 14.1. The molecule has 2 N–H and O–H groups in total. The minimum atomic E-state index is 0.292. The summed E-state index contributed by atoms with van der Waals surface area (Å²) in [6.07, 6.45) is 12.9. The Hall–Kier alpha value is -1.01. The van der Waals surface area contributed by atoms with Gasteiger partial charge >= 0.3 is 0 Å². The van der Waals surface area contributed by atoms with Crippen LogP contribution in [0.15, 0.2) is 0 Å². The van der Waals surface area contributed by atoms with E-state index in [0.717, 1.165) is 45.1 Å². The van der Waals surface area contributed by atoms with Crippen molar-refractivity contribution >= 4 is 5.91 Å². The number of terminal acetylenes is 1. The van der Waals surface area contributed by atoms with Gasteiger partial charge in [0.25, 0.3) is 0 Å². The molecule has 3 nitrogen and oxygen atoms in total. The lowest BCUT2D eigenvalue weighted by molar-refractivity contribution is -0.135. The molecular weight excluding hydrogens is 212 g/mol. The molecule has 1 fully saturated rings. The van der Waals surface area contributed by atoms with Gasteiger partial charge in [-0.1, -0.05) is 0 Å². The molecule has 0 radical (unpaired) electrons. The number of amides is 1. The highest BCUT2D eigenvalue weighted by molar-refractivity contribution is 5.76. The average Bonchev–Trinajstić information content (AvgIpc) is 2.35. The van der Waals surface area contributed by atoms with Crippen LogP contribution in [0.5, 0.6) is 0 Å². The van der Waals surface area contributed by atoms with Crippen molar-refractivity contribution in [3.05, 3.63) is 0 Å². The van der Waals surface area contributed by atoms with E-state index in [9.17, 15) is 4.79 Å².